The molecule has 2 heterocycles. The molecule has 0 spiro atoms. The third-order valence-electron chi connectivity index (χ3n) is 3.78. The molecule has 1 N–H and O–H groups in total. The lowest BCUT2D eigenvalue weighted by atomic mass is 10.1. The van der Waals surface area contributed by atoms with Crippen LogP contribution in [0.2, 0.25) is 0 Å². The number of anilines is 1. The number of sulfone groups is 1. The molecule has 8 heteroatoms. The van der Waals surface area contributed by atoms with E-state index in [9.17, 15) is 12.8 Å². The van der Waals surface area contributed by atoms with E-state index in [1.54, 1.807) is 0 Å². The third-order valence-corrected chi connectivity index (χ3v) is 6.48. The Hall–Kier alpha value is -2.32. The van der Waals surface area contributed by atoms with Crippen LogP contribution in [0.3, 0.4) is 0 Å². The van der Waals surface area contributed by atoms with E-state index in [0.717, 1.165) is 16.3 Å². The minimum absolute atomic E-state index is 0.0357. The van der Waals surface area contributed by atoms with Gasteiger partial charge in [-0.2, -0.15) is 5.10 Å². The summed E-state index contributed by atoms with van der Waals surface area (Å²) in [7, 11) is -3.38. The molecule has 0 saturated carbocycles. The Morgan fingerprint density at radius 2 is 2.04 bits per heavy atom. The van der Waals surface area contributed by atoms with E-state index in [4.69, 9.17) is 0 Å². The van der Waals surface area contributed by atoms with Crippen LogP contribution in [0.25, 0.3) is 10.2 Å². The lowest BCUT2D eigenvalue weighted by molar-refractivity contribution is 0.593. The maximum Gasteiger partial charge on any atom is 0.204 e. The fraction of sp³-hybridized carbons (Fsp3) is 0.125. The smallest absolute Gasteiger partial charge is 0.204 e. The topological polar surface area (TPSA) is 71.4 Å². The molecule has 1 aliphatic heterocycles. The maximum absolute atomic E-state index is 13.5. The highest BCUT2D eigenvalue weighted by molar-refractivity contribution is 7.91. The first-order chi connectivity index (χ1) is 11.5. The van der Waals surface area contributed by atoms with Gasteiger partial charge < -0.3 is 0 Å². The van der Waals surface area contributed by atoms with Gasteiger partial charge in [-0.3, -0.25) is 5.43 Å². The van der Waals surface area contributed by atoms with Crippen LogP contribution in [0.15, 0.2) is 52.5 Å². The first-order valence-electron chi connectivity index (χ1n) is 7.24. The van der Waals surface area contributed by atoms with Gasteiger partial charge in [-0.25, -0.2) is 17.8 Å². The predicted molar refractivity (Wildman–Crippen MR) is 92.8 cm³/mol. The van der Waals surface area contributed by atoms with Crippen molar-refractivity contribution >= 4 is 42.2 Å². The predicted octanol–water partition coefficient (Wildman–Crippen LogP) is 3.43. The van der Waals surface area contributed by atoms with Gasteiger partial charge in [-0.05, 0) is 30.3 Å². The molecule has 0 amide bonds. The molecule has 0 unspecified atom stereocenters. The van der Waals surface area contributed by atoms with E-state index in [1.807, 2.05) is 24.3 Å². The molecule has 122 valence electrons. The van der Waals surface area contributed by atoms with Gasteiger partial charge in [0, 0.05) is 12.0 Å². The lowest BCUT2D eigenvalue weighted by Gasteiger charge is -2.18. The SMILES string of the molecule is O=S1(=O)CCC(=NNc2nc3ccccc3s2)c2cc(F)ccc21. The zero-order chi connectivity index (χ0) is 16.7. The number of thiazole rings is 1. The summed E-state index contributed by atoms with van der Waals surface area (Å²) in [6.45, 7) is 0. The van der Waals surface area contributed by atoms with Crippen molar-refractivity contribution < 1.29 is 12.8 Å². The number of aromatic nitrogens is 1. The third kappa shape index (κ3) is 2.67. The normalized spacial score (nSPS) is 17.8. The Labute approximate surface area is 141 Å². The molecule has 0 aliphatic carbocycles. The zero-order valence-corrected chi connectivity index (χ0v) is 14.0. The van der Waals surface area contributed by atoms with Gasteiger partial charge in [0.25, 0.3) is 0 Å². The number of para-hydroxylation sites is 1. The minimum atomic E-state index is -3.38. The van der Waals surface area contributed by atoms with E-state index >= 15 is 0 Å². The number of nitrogens with one attached hydrogen (secondary N) is 1. The molecule has 0 saturated heterocycles. The molecular formula is C16H12FN3O2S2. The zero-order valence-electron chi connectivity index (χ0n) is 12.4. The second-order valence-corrected chi connectivity index (χ2v) is 8.47. The number of nitrogens with zero attached hydrogens (tertiary/aromatic N) is 2. The average Bonchev–Trinajstić information content (AvgIpc) is 2.96. The van der Waals surface area contributed by atoms with Gasteiger partial charge >= 0.3 is 0 Å². The van der Waals surface area contributed by atoms with Crippen LogP contribution < -0.4 is 5.43 Å². The van der Waals surface area contributed by atoms with Crippen molar-refractivity contribution in [3.05, 3.63) is 53.8 Å². The number of benzene rings is 2. The standard InChI is InChI=1S/C16H12FN3O2S2/c17-10-5-6-15-11(9-10)12(7-8-24(15,21)22)19-20-16-18-13-3-1-2-4-14(13)23-16/h1-6,9H,7-8H2,(H,18,20). The summed E-state index contributed by atoms with van der Waals surface area (Å²) >= 11 is 1.45. The van der Waals surface area contributed by atoms with E-state index in [2.05, 4.69) is 15.5 Å². The molecule has 4 rings (SSSR count). The number of rotatable bonds is 2. The quantitative estimate of drug-likeness (QED) is 0.561. The summed E-state index contributed by atoms with van der Waals surface area (Å²) in [6.07, 6.45) is 0.233. The molecule has 0 radical (unpaired) electrons. The molecule has 1 aliphatic rings. The molecule has 0 bridgehead atoms. The van der Waals surface area contributed by atoms with E-state index in [1.165, 1.54) is 23.5 Å². The summed E-state index contributed by atoms with van der Waals surface area (Å²) < 4.78 is 38.8. The average molecular weight is 361 g/mol. The van der Waals surface area contributed by atoms with Crippen molar-refractivity contribution in [2.75, 3.05) is 11.2 Å². The summed E-state index contributed by atoms with van der Waals surface area (Å²) in [4.78, 5) is 4.53. The second kappa shape index (κ2) is 5.64. The van der Waals surface area contributed by atoms with Gasteiger partial charge in [0.15, 0.2) is 9.84 Å². The minimum Gasteiger partial charge on any atom is -0.252 e. The van der Waals surface area contributed by atoms with Crippen LogP contribution in [0, 0.1) is 5.82 Å². The molecule has 3 aromatic rings. The van der Waals surface area contributed by atoms with Gasteiger partial charge in [-0.15, -0.1) is 0 Å². The van der Waals surface area contributed by atoms with Crippen molar-refractivity contribution in [2.24, 2.45) is 5.10 Å². The van der Waals surface area contributed by atoms with E-state index in [0.29, 0.717) is 16.4 Å². The van der Waals surface area contributed by atoms with Crippen LogP contribution in [-0.4, -0.2) is 24.9 Å². The van der Waals surface area contributed by atoms with Crippen molar-refractivity contribution in [3.8, 4) is 0 Å². The molecule has 5 nitrogen and oxygen atoms in total. The Morgan fingerprint density at radius 1 is 1.21 bits per heavy atom. The van der Waals surface area contributed by atoms with Gasteiger partial charge in [0.05, 0.1) is 26.6 Å². The monoisotopic (exact) mass is 361 g/mol. The highest BCUT2D eigenvalue weighted by atomic mass is 32.2. The number of fused-ring (bicyclic) bond motifs is 2. The first-order valence-corrected chi connectivity index (χ1v) is 9.71. The summed E-state index contributed by atoms with van der Waals surface area (Å²) in [5.41, 5.74) is 4.56. The van der Waals surface area contributed by atoms with Crippen LogP contribution in [0.1, 0.15) is 12.0 Å². The van der Waals surface area contributed by atoms with Crippen molar-refractivity contribution in [1.29, 1.82) is 0 Å². The molecule has 2 aromatic carbocycles. The fourth-order valence-electron chi connectivity index (χ4n) is 2.63. The first kappa shape index (κ1) is 15.2. The van der Waals surface area contributed by atoms with Crippen LogP contribution in [0.4, 0.5) is 9.52 Å². The fourth-order valence-corrected chi connectivity index (χ4v) is 4.90. The Bertz CT molecular complexity index is 1040. The van der Waals surface area contributed by atoms with E-state index < -0.39 is 15.7 Å². The number of hydrogen-bond acceptors (Lipinski definition) is 6. The van der Waals surface area contributed by atoms with Gasteiger partial charge in [-0.1, -0.05) is 23.5 Å². The highest BCUT2D eigenvalue weighted by Crippen LogP contribution is 2.28. The van der Waals surface area contributed by atoms with Crippen LogP contribution in [-0.2, 0) is 9.84 Å². The van der Waals surface area contributed by atoms with Gasteiger partial charge in [0.1, 0.15) is 5.82 Å². The van der Waals surface area contributed by atoms with Crippen LogP contribution >= 0.6 is 11.3 Å². The van der Waals surface area contributed by atoms with Crippen molar-refractivity contribution in [2.45, 2.75) is 11.3 Å². The summed E-state index contributed by atoms with van der Waals surface area (Å²) in [5, 5.41) is 4.89. The van der Waals surface area contributed by atoms with Crippen molar-refractivity contribution in [3.63, 3.8) is 0 Å². The largest absolute Gasteiger partial charge is 0.252 e. The second-order valence-electron chi connectivity index (χ2n) is 5.37. The van der Waals surface area contributed by atoms with Crippen molar-refractivity contribution in [1.82, 2.24) is 4.98 Å². The molecular weight excluding hydrogens is 349 g/mol. The molecule has 24 heavy (non-hydrogen) atoms. The number of hydrazone groups is 1. The molecule has 0 atom stereocenters. The number of halogens is 1. The Kier molecular flexibility index (Phi) is 3.58. The Balaban J connectivity index is 1.71. The lowest BCUT2D eigenvalue weighted by Crippen LogP contribution is -2.23. The number of hydrogen-bond donors (Lipinski definition) is 1. The summed E-state index contributed by atoms with van der Waals surface area (Å²) in [5.74, 6) is -0.523. The molecule has 1 aromatic heterocycles. The van der Waals surface area contributed by atoms with Crippen LogP contribution in [0.5, 0.6) is 0 Å². The molecule has 0 fully saturated rings. The van der Waals surface area contributed by atoms with E-state index in [-0.39, 0.29) is 17.1 Å². The maximum atomic E-state index is 13.5. The van der Waals surface area contributed by atoms with Gasteiger partial charge in [0.2, 0.25) is 5.13 Å². The summed E-state index contributed by atoms with van der Waals surface area (Å²) in [6, 6.07) is 11.4. The Morgan fingerprint density at radius 3 is 2.88 bits per heavy atom. The highest BCUT2D eigenvalue weighted by Gasteiger charge is 2.28.